The molecule has 11 heavy (non-hydrogen) atoms. The molecule has 0 saturated heterocycles. The highest BCUT2D eigenvalue weighted by molar-refractivity contribution is 5.85. The van der Waals surface area contributed by atoms with Gasteiger partial charge in [0.2, 0.25) is 0 Å². The van der Waals surface area contributed by atoms with Gasteiger partial charge in [-0.05, 0) is 30.6 Å². The van der Waals surface area contributed by atoms with Crippen molar-refractivity contribution in [2.24, 2.45) is 17.1 Å². The normalized spacial score (nSPS) is 36.0. The van der Waals surface area contributed by atoms with Crippen molar-refractivity contribution < 1.29 is 0 Å². The first kappa shape index (κ1) is 11.2. The van der Waals surface area contributed by atoms with Crippen LogP contribution in [0.3, 0.4) is 0 Å². The second-order valence-corrected chi connectivity index (χ2v) is 4.55. The Bertz CT molecular complexity index is 123. The van der Waals surface area contributed by atoms with E-state index in [4.69, 9.17) is 5.73 Å². The van der Waals surface area contributed by atoms with Crippen molar-refractivity contribution in [3.05, 3.63) is 0 Å². The molecule has 1 rings (SSSR count). The number of hydrogen-bond acceptors (Lipinski definition) is 1. The molecule has 1 nitrogen and oxygen atoms in total. The van der Waals surface area contributed by atoms with E-state index < -0.39 is 0 Å². The van der Waals surface area contributed by atoms with Crippen LogP contribution in [-0.2, 0) is 0 Å². The summed E-state index contributed by atoms with van der Waals surface area (Å²) in [5.74, 6) is 0.744. The summed E-state index contributed by atoms with van der Waals surface area (Å²) < 4.78 is 0. The van der Waals surface area contributed by atoms with E-state index in [0.717, 1.165) is 5.92 Å². The minimum atomic E-state index is 0. The number of nitrogens with two attached hydrogens (primary N) is 1. The Morgan fingerprint density at radius 1 is 1.36 bits per heavy atom. The molecule has 1 aliphatic rings. The van der Waals surface area contributed by atoms with Crippen molar-refractivity contribution in [2.45, 2.75) is 46.1 Å². The van der Waals surface area contributed by atoms with Crippen LogP contribution >= 0.6 is 12.4 Å². The Balaban J connectivity index is 0.000001000. The highest BCUT2D eigenvalue weighted by Gasteiger charge is 2.29. The lowest BCUT2D eigenvalue weighted by Crippen LogP contribution is -2.38. The summed E-state index contributed by atoms with van der Waals surface area (Å²) in [5, 5.41) is 0. The zero-order chi connectivity index (χ0) is 7.78. The van der Waals surface area contributed by atoms with Crippen LogP contribution in [-0.4, -0.2) is 6.04 Å². The molecule has 0 radical (unpaired) electrons. The zero-order valence-corrected chi connectivity index (χ0v) is 8.58. The molecule has 2 heteroatoms. The maximum absolute atomic E-state index is 5.95. The van der Waals surface area contributed by atoms with Gasteiger partial charge in [-0.3, -0.25) is 0 Å². The average molecular weight is 178 g/mol. The molecule has 1 saturated carbocycles. The molecule has 0 unspecified atom stereocenters. The second kappa shape index (κ2) is 3.77. The fraction of sp³-hybridized carbons (Fsp3) is 1.00. The van der Waals surface area contributed by atoms with Crippen LogP contribution in [0.4, 0.5) is 0 Å². The van der Waals surface area contributed by atoms with Gasteiger partial charge in [0.05, 0.1) is 0 Å². The Hall–Kier alpha value is 0.250. The van der Waals surface area contributed by atoms with Crippen LogP contribution < -0.4 is 5.73 Å². The maximum atomic E-state index is 5.95. The fourth-order valence-corrected chi connectivity index (χ4v) is 1.77. The number of rotatable bonds is 0. The lowest BCUT2D eigenvalue weighted by molar-refractivity contribution is 0.174. The standard InChI is InChI=1S/C9H19N.ClH/c1-7-4-5-9(2,3)6-8(7)10;/h7-8H,4-6,10H2,1-3H3;1H/t7-,8+;/m0./s1. The molecule has 0 aliphatic heterocycles. The van der Waals surface area contributed by atoms with Gasteiger partial charge in [0.15, 0.2) is 0 Å². The summed E-state index contributed by atoms with van der Waals surface area (Å²) in [6, 6.07) is 0.448. The minimum absolute atomic E-state index is 0. The molecular formula is C9H20ClN. The lowest BCUT2D eigenvalue weighted by atomic mass is 9.71. The van der Waals surface area contributed by atoms with Gasteiger partial charge in [-0.1, -0.05) is 20.8 Å². The van der Waals surface area contributed by atoms with Gasteiger partial charge in [-0.2, -0.15) is 0 Å². The van der Waals surface area contributed by atoms with E-state index in [-0.39, 0.29) is 12.4 Å². The van der Waals surface area contributed by atoms with Gasteiger partial charge < -0.3 is 5.73 Å². The molecule has 0 bridgehead atoms. The molecule has 0 aromatic carbocycles. The van der Waals surface area contributed by atoms with Crippen LogP contribution in [0.1, 0.15) is 40.0 Å². The average Bonchev–Trinajstić information content (AvgIpc) is 1.79. The topological polar surface area (TPSA) is 26.0 Å². The van der Waals surface area contributed by atoms with Gasteiger partial charge in [-0.15, -0.1) is 12.4 Å². The molecular weight excluding hydrogens is 158 g/mol. The quantitative estimate of drug-likeness (QED) is 0.605. The first-order valence-corrected chi connectivity index (χ1v) is 4.27. The summed E-state index contributed by atoms with van der Waals surface area (Å²) in [6.45, 7) is 6.90. The Morgan fingerprint density at radius 3 is 2.27 bits per heavy atom. The Labute approximate surface area is 76.1 Å². The van der Waals surface area contributed by atoms with Crippen LogP contribution in [0, 0.1) is 11.3 Å². The summed E-state index contributed by atoms with van der Waals surface area (Å²) in [5.41, 5.74) is 6.46. The van der Waals surface area contributed by atoms with Gasteiger partial charge in [0.25, 0.3) is 0 Å². The van der Waals surface area contributed by atoms with Gasteiger partial charge in [-0.25, -0.2) is 0 Å². The van der Waals surface area contributed by atoms with E-state index in [9.17, 15) is 0 Å². The Morgan fingerprint density at radius 2 is 1.91 bits per heavy atom. The third kappa shape index (κ3) is 3.00. The highest BCUT2D eigenvalue weighted by Crippen LogP contribution is 2.36. The van der Waals surface area contributed by atoms with Gasteiger partial charge in [0.1, 0.15) is 0 Å². The van der Waals surface area contributed by atoms with Crippen molar-refractivity contribution in [1.29, 1.82) is 0 Å². The van der Waals surface area contributed by atoms with Crippen molar-refractivity contribution >= 4 is 12.4 Å². The first-order chi connectivity index (χ1) is 4.51. The smallest absolute Gasteiger partial charge is 0.00696 e. The van der Waals surface area contributed by atoms with E-state index in [2.05, 4.69) is 20.8 Å². The summed E-state index contributed by atoms with van der Waals surface area (Å²) in [7, 11) is 0. The second-order valence-electron chi connectivity index (χ2n) is 4.55. The van der Waals surface area contributed by atoms with Crippen molar-refractivity contribution in [1.82, 2.24) is 0 Å². The Kier molecular flexibility index (Phi) is 3.86. The lowest BCUT2D eigenvalue weighted by Gasteiger charge is -2.37. The van der Waals surface area contributed by atoms with E-state index in [1.807, 2.05) is 0 Å². The van der Waals surface area contributed by atoms with Crippen molar-refractivity contribution in [3.63, 3.8) is 0 Å². The van der Waals surface area contributed by atoms with Crippen LogP contribution in [0.2, 0.25) is 0 Å². The summed E-state index contributed by atoms with van der Waals surface area (Å²) >= 11 is 0. The summed E-state index contributed by atoms with van der Waals surface area (Å²) in [4.78, 5) is 0. The van der Waals surface area contributed by atoms with Crippen LogP contribution in [0.25, 0.3) is 0 Å². The van der Waals surface area contributed by atoms with Crippen LogP contribution in [0.15, 0.2) is 0 Å². The predicted octanol–water partition coefficient (Wildman–Crippen LogP) is 2.58. The molecule has 2 atom stereocenters. The SMILES string of the molecule is C[C@H]1CCC(C)(C)C[C@H]1N.Cl. The minimum Gasteiger partial charge on any atom is -0.327 e. The third-order valence-corrected chi connectivity index (χ3v) is 2.80. The van der Waals surface area contributed by atoms with E-state index in [1.165, 1.54) is 19.3 Å². The van der Waals surface area contributed by atoms with E-state index >= 15 is 0 Å². The zero-order valence-electron chi connectivity index (χ0n) is 7.76. The maximum Gasteiger partial charge on any atom is 0.00696 e. The molecule has 0 amide bonds. The van der Waals surface area contributed by atoms with E-state index in [1.54, 1.807) is 0 Å². The molecule has 1 aliphatic carbocycles. The highest BCUT2D eigenvalue weighted by atomic mass is 35.5. The molecule has 0 aromatic heterocycles. The van der Waals surface area contributed by atoms with E-state index in [0.29, 0.717) is 11.5 Å². The molecule has 2 N–H and O–H groups in total. The molecule has 0 heterocycles. The summed E-state index contributed by atoms with van der Waals surface area (Å²) in [6.07, 6.45) is 3.87. The number of halogens is 1. The van der Waals surface area contributed by atoms with Crippen LogP contribution in [0.5, 0.6) is 0 Å². The monoisotopic (exact) mass is 177 g/mol. The molecule has 0 aromatic rings. The predicted molar refractivity (Wildman–Crippen MR) is 52.0 cm³/mol. The van der Waals surface area contributed by atoms with Gasteiger partial charge >= 0.3 is 0 Å². The largest absolute Gasteiger partial charge is 0.327 e. The first-order valence-electron chi connectivity index (χ1n) is 4.27. The van der Waals surface area contributed by atoms with Crippen molar-refractivity contribution in [3.8, 4) is 0 Å². The fourth-order valence-electron chi connectivity index (χ4n) is 1.77. The number of hydrogen-bond donors (Lipinski definition) is 1. The molecule has 68 valence electrons. The van der Waals surface area contributed by atoms with Crippen molar-refractivity contribution in [2.75, 3.05) is 0 Å². The third-order valence-electron chi connectivity index (χ3n) is 2.80. The van der Waals surface area contributed by atoms with Gasteiger partial charge in [0, 0.05) is 6.04 Å². The molecule has 1 fully saturated rings. The molecule has 0 spiro atoms.